The zero-order valence-corrected chi connectivity index (χ0v) is 15.6. The van der Waals surface area contributed by atoms with E-state index in [9.17, 15) is 19.7 Å². The third-order valence-corrected chi connectivity index (χ3v) is 5.04. The fourth-order valence-electron chi connectivity index (χ4n) is 2.27. The first-order chi connectivity index (χ1) is 12.2. The number of hydrogen-bond donors (Lipinski definition) is 2. The van der Waals surface area contributed by atoms with Crippen molar-refractivity contribution in [1.82, 2.24) is 4.98 Å². The van der Waals surface area contributed by atoms with Gasteiger partial charge in [0.2, 0.25) is 0 Å². The maximum Gasteiger partial charge on any atom is 0.345 e. The van der Waals surface area contributed by atoms with Crippen LogP contribution in [0, 0.1) is 15.5 Å². The lowest BCUT2D eigenvalue weighted by Gasteiger charge is -2.23. The van der Waals surface area contributed by atoms with Gasteiger partial charge in [0.15, 0.2) is 10.5 Å². The number of nitrogens with zero attached hydrogens (tertiary/aromatic N) is 3. The predicted molar refractivity (Wildman–Crippen MR) is 97.6 cm³/mol. The van der Waals surface area contributed by atoms with E-state index in [4.69, 9.17) is 10.2 Å². The SMILES string of the molecule is C/C=C/CCN(CCCCC(C)(C(=O)O)C(=O)O)c1ncc([N+](=O)[O-])s1. The van der Waals surface area contributed by atoms with E-state index < -0.39 is 22.3 Å². The van der Waals surface area contributed by atoms with E-state index in [2.05, 4.69) is 4.98 Å². The minimum atomic E-state index is -1.81. The van der Waals surface area contributed by atoms with Crippen molar-refractivity contribution in [2.24, 2.45) is 5.41 Å². The molecule has 9 nitrogen and oxygen atoms in total. The molecular weight excluding hydrogens is 362 g/mol. The number of aromatic nitrogens is 1. The molecule has 10 heteroatoms. The number of unbranched alkanes of at least 4 members (excludes halogenated alkanes) is 1. The molecule has 144 valence electrons. The number of rotatable bonds is 12. The lowest BCUT2D eigenvalue weighted by atomic mass is 9.85. The fraction of sp³-hybridized carbons (Fsp3) is 0.562. The van der Waals surface area contributed by atoms with Gasteiger partial charge in [0.25, 0.3) is 0 Å². The second-order valence-corrected chi connectivity index (χ2v) is 6.97. The predicted octanol–water partition coefficient (Wildman–Crippen LogP) is 3.17. The topological polar surface area (TPSA) is 134 Å². The van der Waals surface area contributed by atoms with Crippen LogP contribution in [-0.2, 0) is 9.59 Å². The third-order valence-electron chi connectivity index (χ3n) is 4.03. The van der Waals surface area contributed by atoms with Crippen molar-refractivity contribution >= 4 is 33.4 Å². The molecule has 0 saturated carbocycles. The number of hydrogen-bond acceptors (Lipinski definition) is 7. The van der Waals surface area contributed by atoms with Crippen LogP contribution in [0.2, 0.25) is 0 Å². The van der Waals surface area contributed by atoms with Gasteiger partial charge < -0.3 is 15.1 Å². The number of allylic oxidation sites excluding steroid dienone is 1. The number of aliphatic carboxylic acids is 2. The van der Waals surface area contributed by atoms with Gasteiger partial charge in [0.05, 0.1) is 4.92 Å². The fourth-order valence-corrected chi connectivity index (χ4v) is 3.06. The average Bonchev–Trinajstić information content (AvgIpc) is 3.06. The molecule has 1 rings (SSSR count). The molecule has 0 radical (unpaired) electrons. The van der Waals surface area contributed by atoms with Gasteiger partial charge in [-0.2, -0.15) is 0 Å². The van der Waals surface area contributed by atoms with E-state index in [1.54, 1.807) is 0 Å². The molecule has 0 atom stereocenters. The number of carboxylic acid groups (broad SMARTS) is 2. The molecule has 0 bridgehead atoms. The number of nitro groups is 1. The summed E-state index contributed by atoms with van der Waals surface area (Å²) in [7, 11) is 0. The zero-order valence-electron chi connectivity index (χ0n) is 14.8. The van der Waals surface area contributed by atoms with Gasteiger partial charge in [-0.05, 0) is 50.9 Å². The first-order valence-corrected chi connectivity index (χ1v) is 8.97. The molecule has 1 heterocycles. The molecule has 0 aliphatic carbocycles. The van der Waals surface area contributed by atoms with Crippen LogP contribution in [0.3, 0.4) is 0 Å². The number of carbonyl (C=O) groups is 2. The lowest BCUT2D eigenvalue weighted by Crippen LogP contribution is -2.36. The summed E-state index contributed by atoms with van der Waals surface area (Å²) in [6.45, 7) is 4.23. The quantitative estimate of drug-likeness (QED) is 0.184. The summed E-state index contributed by atoms with van der Waals surface area (Å²) >= 11 is 0.984. The summed E-state index contributed by atoms with van der Waals surface area (Å²) in [4.78, 5) is 38.7. The third kappa shape index (κ3) is 5.80. The van der Waals surface area contributed by atoms with Crippen molar-refractivity contribution in [3.05, 3.63) is 28.5 Å². The standard InChI is InChI=1S/C16H23N3O6S/c1-3-4-6-9-18(15-17-11-12(26-15)19(24)25)10-7-5-8-16(2,13(20)21)14(22)23/h3-4,11H,5-10H2,1-2H3,(H,20,21)(H,22,23)/b4-3+. The second kappa shape index (κ2) is 9.85. The molecule has 0 aliphatic heterocycles. The highest BCUT2D eigenvalue weighted by Gasteiger charge is 2.40. The normalized spacial score (nSPS) is 11.6. The van der Waals surface area contributed by atoms with E-state index in [0.717, 1.165) is 17.8 Å². The van der Waals surface area contributed by atoms with Crippen LogP contribution in [0.4, 0.5) is 10.1 Å². The van der Waals surface area contributed by atoms with Crippen LogP contribution in [0.5, 0.6) is 0 Å². The van der Waals surface area contributed by atoms with E-state index in [-0.39, 0.29) is 11.4 Å². The highest BCUT2D eigenvalue weighted by molar-refractivity contribution is 7.18. The van der Waals surface area contributed by atoms with Crippen LogP contribution >= 0.6 is 11.3 Å². The van der Waals surface area contributed by atoms with Gasteiger partial charge in [0, 0.05) is 13.1 Å². The maximum absolute atomic E-state index is 11.2. The molecule has 0 aromatic carbocycles. The molecule has 0 amide bonds. The first kappa shape index (κ1) is 21.6. The Morgan fingerprint density at radius 1 is 1.35 bits per heavy atom. The Bertz CT molecular complexity index is 659. The summed E-state index contributed by atoms with van der Waals surface area (Å²) < 4.78 is 0. The molecule has 0 saturated heterocycles. The molecular formula is C16H23N3O6S. The van der Waals surface area contributed by atoms with Crippen molar-refractivity contribution in [3.8, 4) is 0 Å². The summed E-state index contributed by atoms with van der Waals surface area (Å²) in [5, 5.41) is 29.6. The van der Waals surface area contributed by atoms with E-state index in [1.165, 1.54) is 13.1 Å². The molecule has 26 heavy (non-hydrogen) atoms. The minimum Gasteiger partial charge on any atom is -0.480 e. The van der Waals surface area contributed by atoms with Crippen molar-refractivity contribution in [2.45, 2.75) is 39.5 Å². The average molecular weight is 385 g/mol. The number of carboxylic acids is 2. The molecule has 0 fully saturated rings. The van der Waals surface area contributed by atoms with Gasteiger partial charge in [-0.15, -0.1) is 0 Å². The van der Waals surface area contributed by atoms with Crippen molar-refractivity contribution in [3.63, 3.8) is 0 Å². The van der Waals surface area contributed by atoms with Gasteiger partial charge >= 0.3 is 16.9 Å². The molecule has 0 aliphatic rings. The van der Waals surface area contributed by atoms with Crippen LogP contribution in [-0.4, -0.2) is 45.1 Å². The van der Waals surface area contributed by atoms with Crippen LogP contribution in [0.15, 0.2) is 18.3 Å². The van der Waals surface area contributed by atoms with Crippen LogP contribution in [0.25, 0.3) is 0 Å². The Kier molecular flexibility index (Phi) is 8.17. The number of anilines is 1. The Labute approximate surface area is 155 Å². The number of thiazole rings is 1. The maximum atomic E-state index is 11.2. The van der Waals surface area contributed by atoms with Crippen molar-refractivity contribution in [1.29, 1.82) is 0 Å². The van der Waals surface area contributed by atoms with Gasteiger partial charge in [0.1, 0.15) is 6.20 Å². The van der Waals surface area contributed by atoms with E-state index in [1.807, 2.05) is 24.0 Å². The van der Waals surface area contributed by atoms with Crippen molar-refractivity contribution in [2.75, 3.05) is 18.0 Å². The summed E-state index contributed by atoms with van der Waals surface area (Å²) in [5.74, 6) is -2.71. The summed E-state index contributed by atoms with van der Waals surface area (Å²) in [6.07, 6.45) is 6.81. The summed E-state index contributed by atoms with van der Waals surface area (Å²) in [6, 6.07) is 0. The molecule has 0 unspecified atom stereocenters. The Morgan fingerprint density at radius 3 is 2.50 bits per heavy atom. The highest BCUT2D eigenvalue weighted by Crippen LogP contribution is 2.29. The molecule has 2 N–H and O–H groups in total. The van der Waals surface area contributed by atoms with Gasteiger partial charge in [-0.3, -0.25) is 19.7 Å². The largest absolute Gasteiger partial charge is 0.480 e. The zero-order chi connectivity index (χ0) is 19.7. The monoisotopic (exact) mass is 385 g/mol. The van der Waals surface area contributed by atoms with Gasteiger partial charge in [-0.25, -0.2) is 4.98 Å². The smallest absolute Gasteiger partial charge is 0.345 e. The Balaban J connectivity index is 2.69. The highest BCUT2D eigenvalue weighted by atomic mass is 32.1. The molecule has 1 aromatic heterocycles. The Hall–Kier alpha value is -2.49. The van der Waals surface area contributed by atoms with Crippen LogP contribution < -0.4 is 4.90 Å². The second-order valence-electron chi connectivity index (χ2n) is 5.98. The van der Waals surface area contributed by atoms with Crippen molar-refractivity contribution < 1.29 is 24.7 Å². The molecule has 1 aromatic rings. The van der Waals surface area contributed by atoms with Crippen LogP contribution in [0.1, 0.15) is 39.5 Å². The van der Waals surface area contributed by atoms with E-state index >= 15 is 0 Å². The van der Waals surface area contributed by atoms with E-state index in [0.29, 0.717) is 31.1 Å². The minimum absolute atomic E-state index is 0.0123. The first-order valence-electron chi connectivity index (χ1n) is 8.15. The molecule has 0 spiro atoms. The Morgan fingerprint density at radius 2 is 2.00 bits per heavy atom. The lowest BCUT2D eigenvalue weighted by molar-refractivity contribution is -0.380. The van der Waals surface area contributed by atoms with Gasteiger partial charge in [-0.1, -0.05) is 12.2 Å². The summed E-state index contributed by atoms with van der Waals surface area (Å²) in [5.41, 5.74) is -1.81.